The second-order valence-corrected chi connectivity index (χ2v) is 7.04. The minimum absolute atomic E-state index is 0.0236. The fourth-order valence-electron chi connectivity index (χ4n) is 3.73. The van der Waals surface area contributed by atoms with Gasteiger partial charge in [-0.15, -0.1) is 0 Å². The lowest BCUT2D eigenvalue weighted by Crippen LogP contribution is -2.32. The number of benzene rings is 1. The molecule has 2 fully saturated rings. The topological polar surface area (TPSA) is 75.0 Å². The van der Waals surface area contributed by atoms with Gasteiger partial charge < -0.3 is 23.8 Å². The largest absolute Gasteiger partial charge is 0.497 e. The molecule has 0 unspecified atom stereocenters. The smallest absolute Gasteiger partial charge is 0.227 e. The van der Waals surface area contributed by atoms with Crippen LogP contribution in [0.5, 0.6) is 11.5 Å². The molecule has 3 heterocycles. The Hall–Kier alpha value is -2.58. The minimum atomic E-state index is -0.114. The van der Waals surface area contributed by atoms with Crippen molar-refractivity contribution in [2.24, 2.45) is 0 Å². The van der Waals surface area contributed by atoms with Crippen LogP contribution in [-0.4, -0.2) is 73.3 Å². The van der Waals surface area contributed by atoms with Crippen LogP contribution in [0.15, 0.2) is 36.7 Å². The standard InChI is InChI=1S/C20H25N3O5/c1-25-16-4-5-17(26-2)14(8-16)9-20(24)22-10-18-19(11-22)28-13-15(12-27-18)23-7-3-6-21-23/h3-8,15,18-19H,9-13H2,1-2H3/t18-,19-/m0/s1. The zero-order valence-corrected chi connectivity index (χ0v) is 16.1. The fraction of sp³-hybridized carbons (Fsp3) is 0.500. The third-order valence-electron chi connectivity index (χ3n) is 5.30. The van der Waals surface area contributed by atoms with E-state index in [0.29, 0.717) is 37.8 Å². The molecule has 0 bridgehead atoms. The van der Waals surface area contributed by atoms with Gasteiger partial charge in [-0.05, 0) is 24.3 Å². The molecule has 4 rings (SSSR count). The van der Waals surface area contributed by atoms with Crippen LogP contribution in [0.1, 0.15) is 11.6 Å². The molecule has 8 nitrogen and oxygen atoms in total. The fourth-order valence-corrected chi connectivity index (χ4v) is 3.73. The van der Waals surface area contributed by atoms with Crippen LogP contribution in [0.25, 0.3) is 0 Å². The molecule has 0 radical (unpaired) electrons. The van der Waals surface area contributed by atoms with E-state index in [1.54, 1.807) is 20.4 Å². The SMILES string of the molecule is COc1ccc(OC)c(CC(=O)N2C[C@@H]3OCC(n4cccn4)CO[C@H]3C2)c1. The number of rotatable bonds is 5. The van der Waals surface area contributed by atoms with E-state index in [9.17, 15) is 4.79 Å². The Labute approximate surface area is 163 Å². The molecule has 2 atom stereocenters. The molecule has 28 heavy (non-hydrogen) atoms. The third-order valence-corrected chi connectivity index (χ3v) is 5.30. The predicted octanol–water partition coefficient (Wildman–Crippen LogP) is 1.31. The van der Waals surface area contributed by atoms with Crippen molar-refractivity contribution in [3.63, 3.8) is 0 Å². The average molecular weight is 387 g/mol. The summed E-state index contributed by atoms with van der Waals surface area (Å²) in [5, 5.41) is 4.27. The molecule has 8 heteroatoms. The normalized spacial score (nSPS) is 22.6. The van der Waals surface area contributed by atoms with Crippen LogP contribution in [-0.2, 0) is 20.7 Å². The summed E-state index contributed by atoms with van der Waals surface area (Å²) in [4.78, 5) is 14.7. The first-order valence-electron chi connectivity index (χ1n) is 9.39. The molecule has 1 aromatic carbocycles. The Morgan fingerprint density at radius 3 is 2.54 bits per heavy atom. The summed E-state index contributed by atoms with van der Waals surface area (Å²) in [5.74, 6) is 1.40. The molecule has 150 valence electrons. The zero-order valence-electron chi connectivity index (χ0n) is 16.1. The number of ether oxygens (including phenoxy) is 4. The molecule has 2 aliphatic heterocycles. The van der Waals surface area contributed by atoms with E-state index in [1.807, 2.05) is 40.0 Å². The van der Waals surface area contributed by atoms with Crippen LogP contribution in [0.3, 0.4) is 0 Å². The number of carbonyl (C=O) groups excluding carboxylic acids is 1. The number of aromatic nitrogens is 2. The summed E-state index contributed by atoms with van der Waals surface area (Å²) in [5.41, 5.74) is 0.805. The van der Waals surface area contributed by atoms with E-state index in [1.165, 1.54) is 0 Å². The van der Waals surface area contributed by atoms with E-state index in [2.05, 4.69) is 5.10 Å². The average Bonchev–Trinajstić information content (AvgIpc) is 3.35. The van der Waals surface area contributed by atoms with Gasteiger partial charge in [0.15, 0.2) is 0 Å². The van der Waals surface area contributed by atoms with E-state index < -0.39 is 0 Å². The van der Waals surface area contributed by atoms with Crippen LogP contribution < -0.4 is 9.47 Å². The van der Waals surface area contributed by atoms with E-state index in [0.717, 1.165) is 5.56 Å². The van der Waals surface area contributed by atoms with Crippen LogP contribution in [0.2, 0.25) is 0 Å². The molecule has 1 aromatic heterocycles. The van der Waals surface area contributed by atoms with Crippen molar-refractivity contribution in [3.05, 3.63) is 42.2 Å². The van der Waals surface area contributed by atoms with Gasteiger partial charge in [-0.2, -0.15) is 5.10 Å². The van der Waals surface area contributed by atoms with E-state index in [-0.39, 0.29) is 30.6 Å². The second kappa shape index (κ2) is 8.20. The first-order chi connectivity index (χ1) is 13.7. The molecule has 0 N–H and O–H groups in total. The Balaban J connectivity index is 1.38. The summed E-state index contributed by atoms with van der Waals surface area (Å²) in [6.07, 6.45) is 3.68. The van der Waals surface area contributed by atoms with Crippen molar-refractivity contribution in [2.75, 3.05) is 40.5 Å². The van der Waals surface area contributed by atoms with Crippen molar-refractivity contribution in [1.29, 1.82) is 0 Å². The number of hydrogen-bond acceptors (Lipinski definition) is 6. The zero-order chi connectivity index (χ0) is 19.5. The molecule has 0 saturated carbocycles. The summed E-state index contributed by atoms with van der Waals surface area (Å²) in [6, 6.07) is 7.42. The van der Waals surface area contributed by atoms with Crippen molar-refractivity contribution < 1.29 is 23.7 Å². The Morgan fingerprint density at radius 1 is 1.18 bits per heavy atom. The third kappa shape index (κ3) is 3.83. The summed E-state index contributed by atoms with van der Waals surface area (Å²) >= 11 is 0. The van der Waals surface area contributed by atoms with Gasteiger partial charge in [-0.1, -0.05) is 0 Å². The molecule has 2 aromatic rings. The van der Waals surface area contributed by atoms with Gasteiger partial charge in [0, 0.05) is 31.0 Å². The number of likely N-dealkylation sites (tertiary alicyclic amines) is 1. The molecule has 2 aliphatic rings. The highest BCUT2D eigenvalue weighted by Crippen LogP contribution is 2.27. The van der Waals surface area contributed by atoms with E-state index in [4.69, 9.17) is 18.9 Å². The summed E-state index contributed by atoms with van der Waals surface area (Å²) < 4.78 is 24.6. The molecule has 0 aliphatic carbocycles. The van der Waals surface area contributed by atoms with Gasteiger partial charge in [0.25, 0.3) is 0 Å². The number of fused-ring (bicyclic) bond motifs is 1. The van der Waals surface area contributed by atoms with Crippen molar-refractivity contribution in [1.82, 2.24) is 14.7 Å². The maximum absolute atomic E-state index is 12.9. The Bertz CT molecular complexity index is 794. The monoisotopic (exact) mass is 387 g/mol. The number of carbonyl (C=O) groups is 1. The number of nitrogens with zero attached hydrogens (tertiary/aromatic N) is 3. The van der Waals surface area contributed by atoms with Gasteiger partial charge in [0.05, 0.1) is 39.9 Å². The number of amides is 1. The second-order valence-electron chi connectivity index (χ2n) is 7.04. The lowest BCUT2D eigenvalue weighted by molar-refractivity contribution is -0.130. The maximum atomic E-state index is 12.9. The van der Waals surface area contributed by atoms with Gasteiger partial charge in [0.1, 0.15) is 23.7 Å². The Morgan fingerprint density at radius 2 is 1.93 bits per heavy atom. The van der Waals surface area contributed by atoms with Crippen LogP contribution in [0, 0.1) is 0 Å². The quantitative estimate of drug-likeness (QED) is 0.770. The van der Waals surface area contributed by atoms with Crippen molar-refractivity contribution in [3.8, 4) is 11.5 Å². The number of methoxy groups -OCH3 is 2. The molecule has 0 spiro atoms. The maximum Gasteiger partial charge on any atom is 0.227 e. The number of hydrogen-bond donors (Lipinski definition) is 0. The van der Waals surface area contributed by atoms with Crippen LogP contribution in [0.4, 0.5) is 0 Å². The van der Waals surface area contributed by atoms with Gasteiger partial charge in [-0.3, -0.25) is 9.48 Å². The highest BCUT2D eigenvalue weighted by atomic mass is 16.6. The summed E-state index contributed by atoms with van der Waals surface area (Å²) in [6.45, 7) is 2.10. The van der Waals surface area contributed by atoms with Crippen molar-refractivity contribution in [2.45, 2.75) is 24.7 Å². The summed E-state index contributed by atoms with van der Waals surface area (Å²) in [7, 11) is 3.20. The molecule has 1 amide bonds. The van der Waals surface area contributed by atoms with Crippen LogP contribution >= 0.6 is 0 Å². The van der Waals surface area contributed by atoms with Gasteiger partial charge in [0.2, 0.25) is 5.91 Å². The highest BCUT2D eigenvalue weighted by Gasteiger charge is 2.39. The van der Waals surface area contributed by atoms with Gasteiger partial charge in [-0.25, -0.2) is 0 Å². The predicted molar refractivity (Wildman–Crippen MR) is 101 cm³/mol. The Kier molecular flexibility index (Phi) is 5.50. The lowest BCUT2D eigenvalue weighted by atomic mass is 10.1. The highest BCUT2D eigenvalue weighted by molar-refractivity contribution is 5.80. The van der Waals surface area contributed by atoms with E-state index >= 15 is 0 Å². The molecular formula is C20H25N3O5. The first-order valence-corrected chi connectivity index (χ1v) is 9.39. The minimum Gasteiger partial charge on any atom is -0.497 e. The first kappa shape index (κ1) is 18.8. The van der Waals surface area contributed by atoms with Gasteiger partial charge >= 0.3 is 0 Å². The van der Waals surface area contributed by atoms with Crippen molar-refractivity contribution >= 4 is 5.91 Å². The lowest BCUT2D eigenvalue weighted by Gasteiger charge is -2.19. The molecular weight excluding hydrogens is 362 g/mol. The molecule has 2 saturated heterocycles.